The lowest BCUT2D eigenvalue weighted by Crippen LogP contribution is -2.48. The zero-order valence-corrected chi connectivity index (χ0v) is 28.4. The molecule has 4 nitrogen and oxygen atoms in total. The molecule has 0 heterocycles. The van der Waals surface area contributed by atoms with Gasteiger partial charge in [-0.2, -0.15) is 0 Å². The molecule has 0 aliphatic rings. The highest BCUT2D eigenvalue weighted by Crippen LogP contribution is 2.16. The van der Waals surface area contributed by atoms with Crippen LogP contribution in [0.15, 0.2) is 0 Å². The Morgan fingerprint density at radius 1 is 0.300 bits per heavy atom. The third-order valence-corrected chi connectivity index (χ3v) is 9.53. The quantitative estimate of drug-likeness (QED) is 0.0610. The lowest BCUT2D eigenvalue weighted by atomic mass is 10.1. The standard InChI is InChI=1S/C36H78N2O2/c1-5-7-9-11-13-15-17-19-21-25-29-37(3,33-35-39)31-27-23-24-28-32-38(4,34-36-40)30-26-22-20-18-16-14-12-10-8-6-2/h39-40H,5-36H2,1-4H3/q+2. The van der Waals surface area contributed by atoms with Crippen LogP contribution in [0.1, 0.15) is 168 Å². The Morgan fingerprint density at radius 2 is 0.500 bits per heavy atom. The smallest absolute Gasteiger partial charge is 0.102 e. The van der Waals surface area contributed by atoms with E-state index >= 15 is 0 Å². The number of unbranched alkanes of at least 4 members (excludes halogenated alkanes) is 21. The van der Waals surface area contributed by atoms with E-state index < -0.39 is 0 Å². The third-order valence-electron chi connectivity index (χ3n) is 9.53. The van der Waals surface area contributed by atoms with Crippen molar-refractivity contribution in [2.45, 2.75) is 168 Å². The van der Waals surface area contributed by atoms with Gasteiger partial charge in [-0.05, 0) is 51.4 Å². The Kier molecular flexibility index (Phi) is 28.8. The number of likely N-dealkylation sites (N-methyl/N-ethyl adjacent to an activating group) is 2. The fourth-order valence-corrected chi connectivity index (χ4v) is 6.46. The van der Waals surface area contributed by atoms with Crippen LogP contribution < -0.4 is 0 Å². The summed E-state index contributed by atoms with van der Waals surface area (Å²) in [7, 11) is 4.73. The second kappa shape index (κ2) is 28.9. The first-order valence-corrected chi connectivity index (χ1v) is 18.3. The maximum atomic E-state index is 9.68. The number of hydrogen-bond donors (Lipinski definition) is 2. The minimum absolute atomic E-state index is 0.310. The molecule has 0 amide bonds. The van der Waals surface area contributed by atoms with Crippen LogP contribution in [0.25, 0.3) is 0 Å². The van der Waals surface area contributed by atoms with Crippen LogP contribution in [0.4, 0.5) is 0 Å². The van der Waals surface area contributed by atoms with Crippen molar-refractivity contribution in [2.75, 3.05) is 66.6 Å². The maximum absolute atomic E-state index is 9.68. The van der Waals surface area contributed by atoms with Gasteiger partial charge in [0.15, 0.2) is 0 Å². The Bertz CT molecular complexity index is 459. The monoisotopic (exact) mass is 571 g/mol. The second-order valence-corrected chi connectivity index (χ2v) is 13.8. The van der Waals surface area contributed by atoms with Crippen LogP contribution in [-0.4, -0.2) is 85.8 Å². The predicted octanol–water partition coefficient (Wildman–Crippen LogP) is 9.27. The van der Waals surface area contributed by atoms with Gasteiger partial charge in [0.25, 0.3) is 0 Å². The van der Waals surface area contributed by atoms with E-state index in [-0.39, 0.29) is 0 Å². The summed E-state index contributed by atoms with van der Waals surface area (Å²) in [6.07, 6.45) is 32.9. The Morgan fingerprint density at radius 3 is 0.700 bits per heavy atom. The van der Waals surface area contributed by atoms with E-state index in [1.165, 1.54) is 180 Å². The van der Waals surface area contributed by atoms with E-state index in [0.29, 0.717) is 13.2 Å². The van der Waals surface area contributed by atoms with E-state index in [9.17, 15) is 10.2 Å². The van der Waals surface area contributed by atoms with Gasteiger partial charge in [0, 0.05) is 0 Å². The maximum Gasteiger partial charge on any atom is 0.102 e. The van der Waals surface area contributed by atoms with E-state index in [2.05, 4.69) is 27.9 Å². The van der Waals surface area contributed by atoms with Crippen molar-refractivity contribution < 1.29 is 19.2 Å². The highest BCUT2D eigenvalue weighted by Gasteiger charge is 2.21. The summed E-state index contributed by atoms with van der Waals surface area (Å²) in [6.45, 7) is 11.9. The molecule has 40 heavy (non-hydrogen) atoms. The molecular weight excluding hydrogens is 492 g/mol. The van der Waals surface area contributed by atoms with Crippen molar-refractivity contribution in [1.29, 1.82) is 0 Å². The molecule has 0 aromatic heterocycles. The average Bonchev–Trinajstić information content (AvgIpc) is 2.93. The van der Waals surface area contributed by atoms with Gasteiger partial charge >= 0.3 is 0 Å². The average molecular weight is 571 g/mol. The van der Waals surface area contributed by atoms with Crippen LogP contribution in [0.3, 0.4) is 0 Å². The Balaban J connectivity index is 3.97. The highest BCUT2D eigenvalue weighted by atomic mass is 16.3. The van der Waals surface area contributed by atoms with Crippen LogP contribution in [0, 0.1) is 0 Å². The molecule has 242 valence electrons. The van der Waals surface area contributed by atoms with E-state index in [1.807, 2.05) is 0 Å². The van der Waals surface area contributed by atoms with E-state index in [0.717, 1.165) is 22.1 Å². The van der Waals surface area contributed by atoms with Crippen molar-refractivity contribution in [3.63, 3.8) is 0 Å². The van der Waals surface area contributed by atoms with Crippen molar-refractivity contribution in [3.05, 3.63) is 0 Å². The van der Waals surface area contributed by atoms with Gasteiger partial charge in [-0.1, -0.05) is 117 Å². The molecule has 0 bridgehead atoms. The van der Waals surface area contributed by atoms with Crippen LogP contribution >= 0.6 is 0 Å². The van der Waals surface area contributed by atoms with Gasteiger partial charge in [-0.15, -0.1) is 0 Å². The first-order valence-electron chi connectivity index (χ1n) is 18.3. The summed E-state index contributed by atoms with van der Waals surface area (Å²) in [5, 5.41) is 19.4. The molecule has 0 aromatic carbocycles. The fraction of sp³-hybridized carbons (Fsp3) is 1.00. The molecule has 0 spiro atoms. The summed E-state index contributed by atoms with van der Waals surface area (Å²) in [4.78, 5) is 0. The number of rotatable bonds is 33. The van der Waals surface area contributed by atoms with Crippen molar-refractivity contribution >= 4 is 0 Å². The molecule has 2 unspecified atom stereocenters. The van der Waals surface area contributed by atoms with Crippen LogP contribution in [0.5, 0.6) is 0 Å². The molecular formula is C36H78N2O2+2. The van der Waals surface area contributed by atoms with E-state index in [4.69, 9.17) is 0 Å². The zero-order valence-electron chi connectivity index (χ0n) is 28.4. The molecule has 2 N–H and O–H groups in total. The molecule has 0 aliphatic heterocycles. The third kappa shape index (κ3) is 25.5. The minimum atomic E-state index is 0.310. The van der Waals surface area contributed by atoms with Crippen molar-refractivity contribution in [3.8, 4) is 0 Å². The summed E-state index contributed by atoms with van der Waals surface area (Å²) >= 11 is 0. The molecule has 0 aliphatic carbocycles. The molecule has 0 saturated carbocycles. The Hall–Kier alpha value is -0.160. The molecule has 0 aromatic rings. The molecule has 0 saturated heterocycles. The number of nitrogens with zero attached hydrogens (tertiary/aromatic N) is 2. The zero-order chi connectivity index (χ0) is 29.6. The molecule has 2 atom stereocenters. The summed E-state index contributed by atoms with van der Waals surface area (Å²) < 4.78 is 2.09. The van der Waals surface area contributed by atoms with E-state index in [1.54, 1.807) is 0 Å². The van der Waals surface area contributed by atoms with Gasteiger partial charge in [-0.3, -0.25) is 0 Å². The topological polar surface area (TPSA) is 40.5 Å². The van der Waals surface area contributed by atoms with Gasteiger partial charge in [0.2, 0.25) is 0 Å². The van der Waals surface area contributed by atoms with Gasteiger partial charge < -0.3 is 19.2 Å². The SMILES string of the molecule is CCCCCCCCCCCC[N+](C)(CCO)CCCCCC[N+](C)(CCO)CCCCCCCCCCCC. The van der Waals surface area contributed by atoms with Gasteiger partial charge in [0.05, 0.1) is 53.5 Å². The number of quaternary nitrogens is 2. The van der Waals surface area contributed by atoms with Crippen molar-refractivity contribution in [2.24, 2.45) is 0 Å². The lowest BCUT2D eigenvalue weighted by molar-refractivity contribution is -0.911. The lowest BCUT2D eigenvalue weighted by Gasteiger charge is -2.35. The Labute approximate surface area is 253 Å². The fourth-order valence-electron chi connectivity index (χ4n) is 6.46. The predicted molar refractivity (Wildman–Crippen MR) is 178 cm³/mol. The number of hydrogen-bond acceptors (Lipinski definition) is 2. The normalized spacial score (nSPS) is 14.8. The molecule has 4 heteroatoms. The van der Waals surface area contributed by atoms with Gasteiger partial charge in [0.1, 0.15) is 13.1 Å². The largest absolute Gasteiger partial charge is 0.391 e. The first kappa shape index (κ1) is 39.8. The second-order valence-electron chi connectivity index (χ2n) is 13.8. The van der Waals surface area contributed by atoms with Gasteiger partial charge in [-0.25, -0.2) is 0 Å². The molecule has 0 fully saturated rings. The number of aliphatic hydroxyl groups is 2. The number of aliphatic hydroxyl groups excluding tert-OH is 2. The summed E-state index contributed by atoms with van der Waals surface area (Å²) in [5.41, 5.74) is 0. The summed E-state index contributed by atoms with van der Waals surface area (Å²) in [6, 6.07) is 0. The minimum Gasteiger partial charge on any atom is -0.391 e. The van der Waals surface area contributed by atoms with Crippen molar-refractivity contribution in [1.82, 2.24) is 0 Å². The highest BCUT2D eigenvalue weighted by molar-refractivity contribution is 4.52. The molecule has 0 radical (unpaired) electrons. The van der Waals surface area contributed by atoms with Crippen LogP contribution in [-0.2, 0) is 0 Å². The molecule has 0 rings (SSSR count). The first-order chi connectivity index (χ1) is 19.4. The van der Waals surface area contributed by atoms with Crippen LogP contribution in [0.2, 0.25) is 0 Å². The summed E-state index contributed by atoms with van der Waals surface area (Å²) in [5.74, 6) is 0.